The SMILES string of the molecule is CC(O)CCCNC(=O)CSc1nnnn1C1CC1. The number of nitrogens with zero attached hydrogens (tertiary/aromatic N) is 4. The number of aliphatic hydroxyl groups is 1. The minimum Gasteiger partial charge on any atom is -0.393 e. The second-order valence-corrected chi connectivity index (χ2v) is 5.71. The van der Waals surface area contributed by atoms with Gasteiger partial charge in [-0.1, -0.05) is 11.8 Å². The second kappa shape index (κ2) is 6.85. The van der Waals surface area contributed by atoms with E-state index in [0.717, 1.165) is 19.3 Å². The summed E-state index contributed by atoms with van der Waals surface area (Å²) in [5.41, 5.74) is 0. The van der Waals surface area contributed by atoms with Gasteiger partial charge in [0.05, 0.1) is 17.9 Å². The van der Waals surface area contributed by atoms with Gasteiger partial charge >= 0.3 is 0 Å². The summed E-state index contributed by atoms with van der Waals surface area (Å²) in [6, 6.07) is 0.423. The highest BCUT2D eigenvalue weighted by molar-refractivity contribution is 7.99. The van der Waals surface area contributed by atoms with Crippen LogP contribution in [0.5, 0.6) is 0 Å². The molecule has 0 aliphatic heterocycles. The first-order chi connectivity index (χ1) is 9.16. The summed E-state index contributed by atoms with van der Waals surface area (Å²) in [5.74, 6) is 0.294. The molecule has 1 saturated carbocycles. The predicted octanol–water partition coefficient (Wildman–Crippen LogP) is 0.377. The van der Waals surface area contributed by atoms with Gasteiger partial charge in [-0.25, -0.2) is 4.68 Å². The van der Waals surface area contributed by atoms with Gasteiger partial charge in [-0.05, 0) is 43.0 Å². The highest BCUT2D eigenvalue weighted by Gasteiger charge is 2.28. The zero-order valence-corrected chi connectivity index (χ0v) is 11.8. The fourth-order valence-corrected chi connectivity index (χ4v) is 2.41. The summed E-state index contributed by atoms with van der Waals surface area (Å²) in [4.78, 5) is 11.6. The molecule has 0 aromatic carbocycles. The number of aromatic nitrogens is 4. The quantitative estimate of drug-likeness (QED) is 0.530. The normalized spacial score (nSPS) is 16.3. The van der Waals surface area contributed by atoms with Crippen LogP contribution in [0.3, 0.4) is 0 Å². The van der Waals surface area contributed by atoms with Gasteiger partial charge in [0.25, 0.3) is 0 Å². The Hall–Kier alpha value is -1.15. The Labute approximate surface area is 116 Å². The summed E-state index contributed by atoms with van der Waals surface area (Å²) in [7, 11) is 0. The molecule has 1 aromatic rings. The molecule has 19 heavy (non-hydrogen) atoms. The lowest BCUT2D eigenvalue weighted by Crippen LogP contribution is -2.26. The van der Waals surface area contributed by atoms with Crippen LogP contribution in [-0.2, 0) is 4.79 Å². The van der Waals surface area contributed by atoms with E-state index in [1.165, 1.54) is 11.8 Å². The highest BCUT2D eigenvalue weighted by Crippen LogP contribution is 2.36. The first kappa shape index (κ1) is 14.3. The molecule has 8 heteroatoms. The van der Waals surface area contributed by atoms with Gasteiger partial charge in [-0.15, -0.1) is 5.10 Å². The first-order valence-corrected chi connectivity index (χ1v) is 7.51. The van der Waals surface area contributed by atoms with E-state index in [1.54, 1.807) is 11.6 Å². The number of carbonyl (C=O) groups excluding carboxylic acids is 1. The van der Waals surface area contributed by atoms with E-state index in [4.69, 9.17) is 5.11 Å². The summed E-state index contributed by atoms with van der Waals surface area (Å²) in [6.07, 6.45) is 3.41. The van der Waals surface area contributed by atoms with Crippen molar-refractivity contribution in [1.29, 1.82) is 0 Å². The summed E-state index contributed by atoms with van der Waals surface area (Å²) in [5, 5.41) is 24.1. The monoisotopic (exact) mass is 285 g/mol. The zero-order valence-electron chi connectivity index (χ0n) is 10.9. The smallest absolute Gasteiger partial charge is 0.230 e. The second-order valence-electron chi connectivity index (χ2n) is 4.77. The van der Waals surface area contributed by atoms with E-state index in [-0.39, 0.29) is 12.0 Å². The minimum absolute atomic E-state index is 0.0269. The van der Waals surface area contributed by atoms with E-state index < -0.39 is 0 Å². The molecule has 1 amide bonds. The number of aliphatic hydroxyl groups excluding tert-OH is 1. The van der Waals surface area contributed by atoms with E-state index in [2.05, 4.69) is 20.8 Å². The molecule has 1 aliphatic rings. The fraction of sp³-hybridized carbons (Fsp3) is 0.818. The van der Waals surface area contributed by atoms with Crippen LogP contribution in [0.15, 0.2) is 5.16 Å². The molecule has 0 radical (unpaired) electrons. The number of hydrogen-bond donors (Lipinski definition) is 2. The van der Waals surface area contributed by atoms with Crippen LogP contribution >= 0.6 is 11.8 Å². The van der Waals surface area contributed by atoms with Crippen LogP contribution in [0, 0.1) is 0 Å². The van der Waals surface area contributed by atoms with Crippen molar-refractivity contribution in [3.63, 3.8) is 0 Å². The van der Waals surface area contributed by atoms with E-state index in [9.17, 15) is 4.79 Å². The van der Waals surface area contributed by atoms with Crippen molar-refractivity contribution in [3.05, 3.63) is 0 Å². The average molecular weight is 285 g/mol. The highest BCUT2D eigenvalue weighted by atomic mass is 32.2. The Balaban J connectivity index is 1.64. The topological polar surface area (TPSA) is 92.9 Å². The van der Waals surface area contributed by atoms with Crippen LogP contribution in [-0.4, -0.2) is 49.6 Å². The van der Waals surface area contributed by atoms with Crippen LogP contribution in [0.2, 0.25) is 0 Å². The minimum atomic E-state index is -0.311. The molecule has 0 bridgehead atoms. The number of carbonyl (C=O) groups is 1. The molecule has 0 spiro atoms. The van der Waals surface area contributed by atoms with Crippen LogP contribution in [0.4, 0.5) is 0 Å². The molecule has 1 unspecified atom stereocenters. The van der Waals surface area contributed by atoms with Gasteiger partial charge in [0.2, 0.25) is 11.1 Å². The molecule has 7 nitrogen and oxygen atoms in total. The fourth-order valence-electron chi connectivity index (χ4n) is 1.64. The van der Waals surface area contributed by atoms with Crippen LogP contribution in [0.25, 0.3) is 0 Å². The molecular formula is C11H19N5O2S. The Morgan fingerprint density at radius 2 is 2.42 bits per heavy atom. The molecule has 2 rings (SSSR count). The van der Waals surface area contributed by atoms with Gasteiger partial charge < -0.3 is 10.4 Å². The lowest BCUT2D eigenvalue weighted by Gasteiger charge is -2.06. The Morgan fingerprint density at radius 1 is 1.63 bits per heavy atom. The molecule has 0 saturated heterocycles. The number of amides is 1. The summed E-state index contributed by atoms with van der Waals surface area (Å²) >= 11 is 1.36. The third-order valence-corrected chi connectivity index (χ3v) is 3.74. The first-order valence-electron chi connectivity index (χ1n) is 6.52. The van der Waals surface area contributed by atoms with Gasteiger partial charge in [0.1, 0.15) is 0 Å². The molecule has 1 aromatic heterocycles. The number of thioether (sulfide) groups is 1. The maximum absolute atomic E-state index is 11.6. The molecule has 2 N–H and O–H groups in total. The summed E-state index contributed by atoms with van der Waals surface area (Å²) in [6.45, 7) is 2.34. The maximum atomic E-state index is 11.6. The molecule has 1 fully saturated rings. The number of rotatable bonds is 8. The third kappa shape index (κ3) is 4.79. The Kier molecular flexibility index (Phi) is 5.15. The largest absolute Gasteiger partial charge is 0.393 e. The Morgan fingerprint density at radius 3 is 3.11 bits per heavy atom. The van der Waals surface area contributed by atoms with Crippen LogP contribution in [0.1, 0.15) is 38.6 Å². The van der Waals surface area contributed by atoms with E-state index >= 15 is 0 Å². The Bertz CT molecular complexity index is 419. The standard InChI is InChI=1S/C11H19N5O2S/c1-8(17)3-2-6-12-10(18)7-19-11-13-14-15-16(11)9-4-5-9/h8-9,17H,2-7H2,1H3,(H,12,18). The van der Waals surface area contributed by atoms with Crippen LogP contribution < -0.4 is 5.32 Å². The van der Waals surface area contributed by atoms with Crippen molar-refractivity contribution >= 4 is 17.7 Å². The molecule has 1 aliphatic carbocycles. The van der Waals surface area contributed by atoms with E-state index in [0.29, 0.717) is 29.9 Å². The molecule has 1 atom stereocenters. The van der Waals surface area contributed by atoms with Gasteiger partial charge in [0.15, 0.2) is 0 Å². The third-order valence-electron chi connectivity index (χ3n) is 2.81. The van der Waals surface area contributed by atoms with Crippen molar-refractivity contribution in [2.45, 2.75) is 49.9 Å². The van der Waals surface area contributed by atoms with Gasteiger partial charge in [0, 0.05) is 6.54 Å². The van der Waals surface area contributed by atoms with E-state index in [1.807, 2.05) is 0 Å². The van der Waals surface area contributed by atoms with Gasteiger partial charge in [-0.2, -0.15) is 0 Å². The maximum Gasteiger partial charge on any atom is 0.230 e. The lowest BCUT2D eigenvalue weighted by molar-refractivity contribution is -0.118. The number of nitrogens with one attached hydrogen (secondary N) is 1. The van der Waals surface area contributed by atoms with Crippen molar-refractivity contribution in [1.82, 2.24) is 25.5 Å². The molecular weight excluding hydrogens is 266 g/mol. The summed E-state index contributed by atoms with van der Waals surface area (Å²) < 4.78 is 1.80. The molecule has 1 heterocycles. The average Bonchev–Trinajstić information content (AvgIpc) is 3.11. The zero-order chi connectivity index (χ0) is 13.7. The van der Waals surface area contributed by atoms with Gasteiger partial charge in [-0.3, -0.25) is 4.79 Å². The number of hydrogen-bond acceptors (Lipinski definition) is 6. The van der Waals surface area contributed by atoms with Crippen molar-refractivity contribution in [2.75, 3.05) is 12.3 Å². The molecule has 106 valence electrons. The number of tetrazole rings is 1. The van der Waals surface area contributed by atoms with Crippen molar-refractivity contribution < 1.29 is 9.90 Å². The van der Waals surface area contributed by atoms with Crippen molar-refractivity contribution in [2.24, 2.45) is 0 Å². The predicted molar refractivity (Wildman–Crippen MR) is 70.7 cm³/mol. The van der Waals surface area contributed by atoms with Crippen molar-refractivity contribution in [3.8, 4) is 0 Å². The lowest BCUT2D eigenvalue weighted by atomic mass is 10.2.